The highest BCUT2D eigenvalue weighted by Gasteiger charge is 2.17. The Morgan fingerprint density at radius 3 is 2.60 bits per heavy atom. The molecule has 5 nitrogen and oxygen atoms in total. The van der Waals surface area contributed by atoms with Gasteiger partial charge in [0.1, 0.15) is 0 Å². The molecule has 128 valence electrons. The summed E-state index contributed by atoms with van der Waals surface area (Å²) in [6.07, 6.45) is 5.53. The van der Waals surface area contributed by atoms with Crippen LogP contribution < -0.4 is 5.32 Å². The predicted octanol–water partition coefficient (Wildman–Crippen LogP) is 3.79. The van der Waals surface area contributed by atoms with Crippen LogP contribution in [0.4, 0.5) is 0 Å². The predicted molar refractivity (Wildman–Crippen MR) is 100 cm³/mol. The lowest BCUT2D eigenvalue weighted by Gasteiger charge is -2.14. The molecule has 25 heavy (non-hydrogen) atoms. The maximum atomic E-state index is 12.5. The summed E-state index contributed by atoms with van der Waals surface area (Å²) >= 11 is 1.65. The lowest BCUT2D eigenvalue weighted by atomic mass is 10.1. The van der Waals surface area contributed by atoms with Crippen molar-refractivity contribution >= 4 is 17.7 Å². The molecule has 0 spiro atoms. The molecular formula is C19H20N4OS. The monoisotopic (exact) mass is 352 g/mol. The van der Waals surface area contributed by atoms with E-state index in [1.165, 1.54) is 0 Å². The molecule has 0 radical (unpaired) electrons. The zero-order valence-corrected chi connectivity index (χ0v) is 15.2. The van der Waals surface area contributed by atoms with Gasteiger partial charge in [0.25, 0.3) is 5.91 Å². The van der Waals surface area contributed by atoms with E-state index in [1.807, 2.05) is 62.6 Å². The lowest BCUT2D eigenvalue weighted by molar-refractivity contribution is 0.0940. The summed E-state index contributed by atoms with van der Waals surface area (Å²) in [5, 5.41) is 7.45. The third kappa shape index (κ3) is 3.74. The molecule has 2 heterocycles. The summed E-state index contributed by atoms with van der Waals surface area (Å²) in [4.78, 5) is 17.9. The number of nitrogens with one attached hydrogen (secondary N) is 1. The van der Waals surface area contributed by atoms with Crippen molar-refractivity contribution in [2.24, 2.45) is 0 Å². The minimum Gasteiger partial charge on any atom is -0.345 e. The first-order chi connectivity index (χ1) is 12.1. The molecule has 1 aromatic carbocycles. The van der Waals surface area contributed by atoms with Gasteiger partial charge in [-0.1, -0.05) is 6.07 Å². The number of amides is 1. The smallest absolute Gasteiger partial charge is 0.251 e. The molecule has 3 rings (SSSR count). The van der Waals surface area contributed by atoms with Crippen LogP contribution in [0.15, 0.2) is 59.8 Å². The largest absolute Gasteiger partial charge is 0.345 e. The van der Waals surface area contributed by atoms with Gasteiger partial charge in [0.15, 0.2) is 5.82 Å². The van der Waals surface area contributed by atoms with Crippen LogP contribution in [0.25, 0.3) is 5.82 Å². The Kier molecular flexibility index (Phi) is 5.19. The van der Waals surface area contributed by atoms with Crippen LogP contribution in [0.2, 0.25) is 0 Å². The minimum absolute atomic E-state index is 0.0925. The normalized spacial score (nSPS) is 12.0. The maximum absolute atomic E-state index is 12.5. The van der Waals surface area contributed by atoms with Gasteiger partial charge in [-0.25, -0.2) is 9.67 Å². The number of carbonyl (C=O) groups excluding carboxylic acids is 1. The van der Waals surface area contributed by atoms with Gasteiger partial charge in [-0.15, -0.1) is 11.8 Å². The minimum atomic E-state index is -0.148. The van der Waals surface area contributed by atoms with Crippen molar-refractivity contribution in [1.82, 2.24) is 20.1 Å². The highest BCUT2D eigenvalue weighted by molar-refractivity contribution is 7.98. The van der Waals surface area contributed by atoms with Crippen molar-refractivity contribution in [3.63, 3.8) is 0 Å². The number of carbonyl (C=O) groups is 1. The number of aromatic nitrogens is 3. The van der Waals surface area contributed by atoms with E-state index in [-0.39, 0.29) is 11.9 Å². The summed E-state index contributed by atoms with van der Waals surface area (Å²) in [6, 6.07) is 13.1. The number of rotatable bonds is 5. The molecule has 0 saturated heterocycles. The van der Waals surface area contributed by atoms with Crippen molar-refractivity contribution in [3.05, 3.63) is 71.7 Å². The molecule has 0 bridgehead atoms. The van der Waals surface area contributed by atoms with Gasteiger partial charge in [-0.3, -0.25) is 4.79 Å². The van der Waals surface area contributed by atoms with E-state index in [4.69, 9.17) is 0 Å². The van der Waals surface area contributed by atoms with Crippen LogP contribution in [-0.4, -0.2) is 26.9 Å². The molecule has 0 fully saturated rings. The molecule has 0 saturated carbocycles. The van der Waals surface area contributed by atoms with Gasteiger partial charge in [-0.2, -0.15) is 5.10 Å². The molecule has 1 amide bonds. The Hall–Kier alpha value is -2.60. The molecular weight excluding hydrogens is 332 g/mol. The maximum Gasteiger partial charge on any atom is 0.251 e. The highest BCUT2D eigenvalue weighted by atomic mass is 32.2. The van der Waals surface area contributed by atoms with Crippen LogP contribution in [0.1, 0.15) is 34.6 Å². The third-order valence-electron chi connectivity index (χ3n) is 4.08. The molecule has 0 aliphatic rings. The fraction of sp³-hybridized carbons (Fsp3) is 0.211. The van der Waals surface area contributed by atoms with Crippen LogP contribution in [0.3, 0.4) is 0 Å². The van der Waals surface area contributed by atoms with Crippen molar-refractivity contribution in [1.29, 1.82) is 0 Å². The lowest BCUT2D eigenvalue weighted by Crippen LogP contribution is -2.26. The standard InChI is InChI=1S/C19H20N4OS/c1-13(22-19(24)15-7-9-16(25-3)10-8-15)17-12-21-23(14(17)2)18-6-4-5-11-20-18/h4-13H,1-3H3,(H,22,24)/t13-/m1/s1. The van der Waals surface area contributed by atoms with E-state index >= 15 is 0 Å². The van der Waals surface area contributed by atoms with Crippen LogP contribution in [-0.2, 0) is 0 Å². The first-order valence-corrected chi connectivity index (χ1v) is 9.23. The van der Waals surface area contributed by atoms with Crippen molar-refractivity contribution in [2.45, 2.75) is 24.8 Å². The molecule has 1 atom stereocenters. The molecule has 6 heteroatoms. The summed E-state index contributed by atoms with van der Waals surface area (Å²) in [6.45, 7) is 3.94. The van der Waals surface area contributed by atoms with E-state index in [2.05, 4.69) is 15.4 Å². The van der Waals surface area contributed by atoms with Gasteiger partial charge in [0.05, 0.1) is 12.2 Å². The summed E-state index contributed by atoms with van der Waals surface area (Å²) in [7, 11) is 0. The number of hydrogen-bond donors (Lipinski definition) is 1. The van der Waals surface area contributed by atoms with Crippen molar-refractivity contribution in [2.75, 3.05) is 6.26 Å². The second-order valence-corrected chi connectivity index (χ2v) is 6.59. The Bertz CT molecular complexity index is 859. The van der Waals surface area contributed by atoms with Crippen LogP contribution in [0, 0.1) is 6.92 Å². The van der Waals surface area contributed by atoms with E-state index in [9.17, 15) is 4.79 Å². The van der Waals surface area contributed by atoms with E-state index < -0.39 is 0 Å². The molecule has 2 aromatic heterocycles. The quantitative estimate of drug-likeness (QED) is 0.710. The van der Waals surface area contributed by atoms with Gasteiger partial charge in [0.2, 0.25) is 0 Å². The van der Waals surface area contributed by atoms with Gasteiger partial charge >= 0.3 is 0 Å². The third-order valence-corrected chi connectivity index (χ3v) is 4.82. The molecule has 0 aliphatic carbocycles. The SMILES string of the molecule is CSc1ccc(C(=O)N[C@H](C)c2cnn(-c3ccccn3)c2C)cc1. The van der Waals surface area contributed by atoms with E-state index in [1.54, 1.807) is 28.8 Å². The highest BCUT2D eigenvalue weighted by Crippen LogP contribution is 2.20. The fourth-order valence-corrected chi connectivity index (χ4v) is 3.07. The fourth-order valence-electron chi connectivity index (χ4n) is 2.66. The molecule has 0 unspecified atom stereocenters. The number of pyridine rings is 1. The van der Waals surface area contributed by atoms with E-state index in [0.29, 0.717) is 5.56 Å². The topological polar surface area (TPSA) is 59.8 Å². The van der Waals surface area contributed by atoms with Gasteiger partial charge in [-0.05, 0) is 56.5 Å². The average molecular weight is 352 g/mol. The number of hydrogen-bond acceptors (Lipinski definition) is 4. The first kappa shape index (κ1) is 17.2. The van der Waals surface area contributed by atoms with Crippen molar-refractivity contribution < 1.29 is 4.79 Å². The van der Waals surface area contributed by atoms with Gasteiger partial charge < -0.3 is 5.32 Å². The van der Waals surface area contributed by atoms with Crippen LogP contribution >= 0.6 is 11.8 Å². The Morgan fingerprint density at radius 1 is 1.20 bits per heavy atom. The zero-order chi connectivity index (χ0) is 17.8. The summed E-state index contributed by atoms with van der Waals surface area (Å²) in [5.74, 6) is 0.669. The Labute approximate surface area is 151 Å². The van der Waals surface area contributed by atoms with Crippen molar-refractivity contribution in [3.8, 4) is 5.82 Å². The number of nitrogens with zero attached hydrogens (tertiary/aromatic N) is 3. The molecule has 1 N–H and O–H groups in total. The summed E-state index contributed by atoms with van der Waals surface area (Å²) in [5.41, 5.74) is 2.59. The van der Waals surface area contributed by atoms with E-state index in [0.717, 1.165) is 22.0 Å². The Morgan fingerprint density at radius 2 is 1.96 bits per heavy atom. The second-order valence-electron chi connectivity index (χ2n) is 5.71. The second kappa shape index (κ2) is 7.53. The van der Waals surface area contributed by atoms with Gasteiger partial charge in [0, 0.05) is 27.9 Å². The average Bonchev–Trinajstić information content (AvgIpc) is 3.04. The Balaban J connectivity index is 1.76. The number of thioether (sulfide) groups is 1. The number of benzene rings is 1. The zero-order valence-electron chi connectivity index (χ0n) is 14.4. The molecule has 3 aromatic rings. The first-order valence-electron chi connectivity index (χ1n) is 8.01. The summed E-state index contributed by atoms with van der Waals surface area (Å²) < 4.78 is 1.78. The van der Waals surface area contributed by atoms with Crippen LogP contribution in [0.5, 0.6) is 0 Å². The molecule has 0 aliphatic heterocycles.